The molecule has 0 radical (unpaired) electrons. The van der Waals surface area contributed by atoms with E-state index in [1.165, 1.54) is 6.07 Å². The smallest absolute Gasteiger partial charge is 0.142 e. The number of benzene rings is 1. The Kier molecular flexibility index (Phi) is 5.19. The standard InChI is InChI=1S/C12H16ClFO2/c1-8(16-2)6-10(15)7-9-4-3-5-11(14)12(9)13/h3-5,8,10,15H,6-7H2,1-2H3. The lowest BCUT2D eigenvalue weighted by molar-refractivity contribution is 0.0565. The van der Waals surface area contributed by atoms with E-state index in [-0.39, 0.29) is 11.1 Å². The first-order valence-electron chi connectivity index (χ1n) is 5.18. The van der Waals surface area contributed by atoms with Crippen molar-refractivity contribution in [2.24, 2.45) is 0 Å². The Morgan fingerprint density at radius 1 is 1.50 bits per heavy atom. The molecule has 0 spiro atoms. The summed E-state index contributed by atoms with van der Waals surface area (Å²) < 4.78 is 18.2. The van der Waals surface area contributed by atoms with Crippen molar-refractivity contribution in [2.75, 3.05) is 7.11 Å². The summed E-state index contributed by atoms with van der Waals surface area (Å²) in [5.74, 6) is -0.453. The van der Waals surface area contributed by atoms with Crippen LogP contribution in [0.2, 0.25) is 5.02 Å². The van der Waals surface area contributed by atoms with E-state index >= 15 is 0 Å². The Morgan fingerprint density at radius 3 is 2.81 bits per heavy atom. The van der Waals surface area contributed by atoms with Crippen LogP contribution in [0, 0.1) is 5.82 Å². The van der Waals surface area contributed by atoms with Gasteiger partial charge in [-0.15, -0.1) is 0 Å². The van der Waals surface area contributed by atoms with Crippen molar-refractivity contribution in [3.63, 3.8) is 0 Å². The molecule has 0 saturated heterocycles. The molecule has 2 unspecified atom stereocenters. The molecule has 90 valence electrons. The molecule has 1 aromatic carbocycles. The quantitative estimate of drug-likeness (QED) is 0.866. The second-order valence-corrected chi connectivity index (χ2v) is 4.23. The summed E-state index contributed by atoms with van der Waals surface area (Å²) >= 11 is 5.79. The first kappa shape index (κ1) is 13.4. The Bertz CT molecular complexity index is 344. The molecular formula is C12H16ClFO2. The molecule has 0 saturated carbocycles. The third-order valence-corrected chi connectivity index (χ3v) is 2.92. The molecule has 1 aromatic rings. The maximum absolute atomic E-state index is 13.1. The molecule has 1 rings (SSSR count). The Balaban J connectivity index is 2.62. The maximum atomic E-state index is 13.1. The topological polar surface area (TPSA) is 29.5 Å². The highest BCUT2D eigenvalue weighted by atomic mass is 35.5. The van der Waals surface area contributed by atoms with Gasteiger partial charge in [0.15, 0.2) is 0 Å². The first-order chi connectivity index (χ1) is 7.54. The number of hydrogen-bond acceptors (Lipinski definition) is 2. The fourth-order valence-corrected chi connectivity index (χ4v) is 1.73. The first-order valence-corrected chi connectivity index (χ1v) is 5.56. The van der Waals surface area contributed by atoms with Gasteiger partial charge in [-0.1, -0.05) is 23.7 Å². The molecule has 4 heteroatoms. The fraction of sp³-hybridized carbons (Fsp3) is 0.500. The fourth-order valence-electron chi connectivity index (χ4n) is 1.52. The van der Waals surface area contributed by atoms with Crippen LogP contribution in [0.5, 0.6) is 0 Å². The lowest BCUT2D eigenvalue weighted by Gasteiger charge is -2.15. The van der Waals surface area contributed by atoms with Crippen LogP contribution in [0.25, 0.3) is 0 Å². The summed E-state index contributed by atoms with van der Waals surface area (Å²) in [6, 6.07) is 4.60. The number of aliphatic hydroxyl groups excluding tert-OH is 1. The van der Waals surface area contributed by atoms with Gasteiger partial charge in [-0.3, -0.25) is 0 Å². The molecule has 2 atom stereocenters. The van der Waals surface area contributed by atoms with Gasteiger partial charge in [0, 0.05) is 13.5 Å². The highest BCUT2D eigenvalue weighted by Gasteiger charge is 2.13. The molecule has 0 aliphatic heterocycles. The van der Waals surface area contributed by atoms with Crippen LogP contribution in [-0.2, 0) is 11.2 Å². The van der Waals surface area contributed by atoms with Gasteiger partial charge in [-0.2, -0.15) is 0 Å². The van der Waals surface area contributed by atoms with Crippen molar-refractivity contribution in [3.8, 4) is 0 Å². The zero-order valence-electron chi connectivity index (χ0n) is 9.41. The van der Waals surface area contributed by atoms with Crippen LogP contribution in [-0.4, -0.2) is 24.4 Å². The Morgan fingerprint density at radius 2 is 2.19 bits per heavy atom. The van der Waals surface area contributed by atoms with Gasteiger partial charge in [0.25, 0.3) is 0 Å². The molecule has 0 amide bonds. The van der Waals surface area contributed by atoms with E-state index in [0.717, 1.165) is 0 Å². The van der Waals surface area contributed by atoms with E-state index < -0.39 is 11.9 Å². The minimum absolute atomic E-state index is 0.0256. The molecule has 0 bridgehead atoms. The largest absolute Gasteiger partial charge is 0.393 e. The molecule has 0 aromatic heterocycles. The van der Waals surface area contributed by atoms with Crippen molar-refractivity contribution < 1.29 is 14.2 Å². The van der Waals surface area contributed by atoms with Gasteiger partial charge < -0.3 is 9.84 Å². The summed E-state index contributed by atoms with van der Waals surface area (Å²) in [7, 11) is 1.59. The summed E-state index contributed by atoms with van der Waals surface area (Å²) in [6.45, 7) is 1.87. The lowest BCUT2D eigenvalue weighted by Crippen LogP contribution is -2.19. The summed E-state index contributed by atoms with van der Waals surface area (Å²) in [5.41, 5.74) is 0.623. The van der Waals surface area contributed by atoms with Gasteiger partial charge >= 0.3 is 0 Å². The molecule has 16 heavy (non-hydrogen) atoms. The molecule has 2 nitrogen and oxygen atoms in total. The van der Waals surface area contributed by atoms with E-state index in [1.54, 1.807) is 19.2 Å². The second-order valence-electron chi connectivity index (χ2n) is 3.85. The number of hydrogen-bond donors (Lipinski definition) is 1. The molecule has 0 aliphatic carbocycles. The van der Waals surface area contributed by atoms with Crippen molar-refractivity contribution in [1.82, 2.24) is 0 Å². The Labute approximate surface area is 100.0 Å². The maximum Gasteiger partial charge on any atom is 0.142 e. The molecule has 0 aliphatic rings. The summed E-state index contributed by atoms with van der Waals surface area (Å²) in [4.78, 5) is 0. The molecule has 1 N–H and O–H groups in total. The Hall–Kier alpha value is -0.640. The van der Waals surface area contributed by atoms with E-state index in [9.17, 15) is 9.50 Å². The van der Waals surface area contributed by atoms with Crippen LogP contribution in [0.1, 0.15) is 18.9 Å². The minimum Gasteiger partial charge on any atom is -0.393 e. The number of methoxy groups -OCH3 is 1. The molecule has 0 fully saturated rings. The number of halogens is 2. The van der Waals surface area contributed by atoms with Gasteiger partial charge in [0.1, 0.15) is 5.82 Å². The third-order valence-electron chi connectivity index (χ3n) is 2.49. The normalized spacial score (nSPS) is 14.8. The third kappa shape index (κ3) is 3.74. The highest BCUT2D eigenvalue weighted by molar-refractivity contribution is 6.31. The van der Waals surface area contributed by atoms with Gasteiger partial charge in [0.05, 0.1) is 17.2 Å². The highest BCUT2D eigenvalue weighted by Crippen LogP contribution is 2.21. The second kappa shape index (κ2) is 6.18. The van der Waals surface area contributed by atoms with Crippen molar-refractivity contribution in [3.05, 3.63) is 34.6 Å². The van der Waals surface area contributed by atoms with Crippen LogP contribution in [0.4, 0.5) is 4.39 Å². The van der Waals surface area contributed by atoms with Crippen molar-refractivity contribution in [2.45, 2.75) is 32.0 Å². The van der Waals surface area contributed by atoms with E-state index in [2.05, 4.69) is 0 Å². The minimum atomic E-state index is -0.575. The SMILES string of the molecule is COC(C)CC(O)Cc1cccc(F)c1Cl. The molecule has 0 heterocycles. The van der Waals surface area contributed by atoms with Crippen LogP contribution < -0.4 is 0 Å². The van der Waals surface area contributed by atoms with E-state index in [1.807, 2.05) is 6.92 Å². The molecular weight excluding hydrogens is 231 g/mol. The van der Waals surface area contributed by atoms with Crippen molar-refractivity contribution in [1.29, 1.82) is 0 Å². The van der Waals surface area contributed by atoms with E-state index in [4.69, 9.17) is 16.3 Å². The van der Waals surface area contributed by atoms with Gasteiger partial charge in [-0.25, -0.2) is 4.39 Å². The van der Waals surface area contributed by atoms with Gasteiger partial charge in [0.2, 0.25) is 0 Å². The number of aliphatic hydroxyl groups is 1. The number of ether oxygens (including phenoxy) is 1. The average molecular weight is 247 g/mol. The average Bonchev–Trinajstić information content (AvgIpc) is 2.24. The van der Waals surface area contributed by atoms with Crippen LogP contribution in [0.3, 0.4) is 0 Å². The van der Waals surface area contributed by atoms with Crippen molar-refractivity contribution >= 4 is 11.6 Å². The monoisotopic (exact) mass is 246 g/mol. The predicted octanol–water partition coefficient (Wildman–Crippen LogP) is 2.81. The summed E-state index contributed by atoms with van der Waals surface area (Å²) in [5, 5.41) is 9.85. The predicted molar refractivity (Wildman–Crippen MR) is 62.2 cm³/mol. The number of rotatable bonds is 5. The van der Waals surface area contributed by atoms with E-state index in [0.29, 0.717) is 18.4 Å². The zero-order chi connectivity index (χ0) is 12.1. The van der Waals surface area contributed by atoms with Gasteiger partial charge in [-0.05, 0) is 25.0 Å². The summed E-state index contributed by atoms with van der Waals surface area (Å²) in [6.07, 6.45) is 0.241. The zero-order valence-corrected chi connectivity index (χ0v) is 10.2. The lowest BCUT2D eigenvalue weighted by atomic mass is 10.0. The van der Waals surface area contributed by atoms with Crippen LogP contribution in [0.15, 0.2) is 18.2 Å². The van der Waals surface area contributed by atoms with Crippen LogP contribution >= 0.6 is 11.6 Å².